The van der Waals surface area contributed by atoms with E-state index in [2.05, 4.69) is 5.53 Å². The van der Waals surface area contributed by atoms with Gasteiger partial charge in [-0.05, 0) is 12.1 Å². The molecule has 1 aromatic carbocycles. The summed E-state index contributed by atoms with van der Waals surface area (Å²) in [5, 5.41) is 23.0. The van der Waals surface area contributed by atoms with Gasteiger partial charge in [0.05, 0.1) is 17.2 Å². The molecule has 0 amide bonds. The summed E-state index contributed by atoms with van der Waals surface area (Å²) in [4.78, 5) is 10.1. The van der Waals surface area contributed by atoms with Crippen LogP contribution in [-0.4, -0.2) is 34.7 Å². The highest BCUT2D eigenvalue weighted by Gasteiger charge is 2.13. The molecule has 1 aromatic rings. The number of nitro benzene ring substituents is 1. The number of nitro groups is 1. The first-order valence-electron chi connectivity index (χ1n) is 5.53. The third-order valence-corrected chi connectivity index (χ3v) is 2.54. The average molecular weight is 250 g/mol. The standard InChI is InChI=1S/C11H14N4O3/c16-9-8-13-6-1-7-14(12-13)10-2-4-11(5-3-10)15(17)18/h1-5,7,12,16H,6,8-9H2. The molecule has 1 aliphatic heterocycles. The number of aliphatic hydroxyl groups excluding tert-OH is 1. The summed E-state index contributed by atoms with van der Waals surface area (Å²) in [6.45, 7) is 1.27. The van der Waals surface area contributed by atoms with Crippen molar-refractivity contribution in [1.82, 2.24) is 10.5 Å². The molecule has 7 nitrogen and oxygen atoms in total. The van der Waals surface area contributed by atoms with Gasteiger partial charge >= 0.3 is 0 Å². The Morgan fingerprint density at radius 3 is 2.72 bits per heavy atom. The first kappa shape index (κ1) is 12.5. The number of anilines is 1. The van der Waals surface area contributed by atoms with Crippen LogP contribution >= 0.6 is 0 Å². The molecule has 2 rings (SSSR count). The van der Waals surface area contributed by atoms with Crippen LogP contribution < -0.4 is 10.5 Å². The van der Waals surface area contributed by atoms with E-state index < -0.39 is 4.92 Å². The maximum absolute atomic E-state index is 10.6. The van der Waals surface area contributed by atoms with E-state index in [0.717, 1.165) is 5.69 Å². The second-order valence-corrected chi connectivity index (χ2v) is 3.80. The number of benzene rings is 1. The van der Waals surface area contributed by atoms with Crippen LogP contribution in [0.4, 0.5) is 11.4 Å². The molecule has 2 N–H and O–H groups in total. The molecule has 0 saturated carbocycles. The monoisotopic (exact) mass is 250 g/mol. The van der Waals surface area contributed by atoms with E-state index in [4.69, 9.17) is 5.11 Å². The SMILES string of the molecule is O=[N+]([O-])c1ccc(N2C=CCN(CCO)N2)cc1. The summed E-state index contributed by atoms with van der Waals surface area (Å²) in [7, 11) is 0. The normalized spacial score (nSPS) is 15.9. The average Bonchev–Trinajstić information content (AvgIpc) is 2.39. The van der Waals surface area contributed by atoms with Gasteiger partial charge in [0.25, 0.3) is 5.69 Å². The quantitative estimate of drug-likeness (QED) is 0.603. The number of rotatable bonds is 4. The van der Waals surface area contributed by atoms with E-state index in [1.165, 1.54) is 12.1 Å². The van der Waals surface area contributed by atoms with Crippen molar-refractivity contribution in [1.29, 1.82) is 0 Å². The van der Waals surface area contributed by atoms with Gasteiger partial charge in [0.15, 0.2) is 0 Å². The summed E-state index contributed by atoms with van der Waals surface area (Å²) < 4.78 is 0. The van der Waals surface area contributed by atoms with Crippen molar-refractivity contribution in [2.75, 3.05) is 24.7 Å². The number of hydrogen-bond acceptors (Lipinski definition) is 6. The van der Waals surface area contributed by atoms with Crippen LogP contribution in [0.15, 0.2) is 36.5 Å². The van der Waals surface area contributed by atoms with Gasteiger partial charge < -0.3 is 5.11 Å². The fraction of sp³-hybridized carbons (Fsp3) is 0.273. The second-order valence-electron chi connectivity index (χ2n) is 3.80. The molecule has 1 aliphatic rings. The third kappa shape index (κ3) is 2.83. The summed E-state index contributed by atoms with van der Waals surface area (Å²) >= 11 is 0. The number of nitrogens with one attached hydrogen (secondary N) is 1. The topological polar surface area (TPSA) is 81.9 Å². The summed E-state index contributed by atoms with van der Waals surface area (Å²) in [6.07, 6.45) is 3.78. The predicted octanol–water partition coefficient (Wildman–Crippen LogP) is 0.642. The Bertz CT molecular complexity index is 446. The minimum Gasteiger partial charge on any atom is -0.395 e. The lowest BCUT2D eigenvalue weighted by atomic mass is 10.3. The Hall–Kier alpha value is -1.96. The summed E-state index contributed by atoms with van der Waals surface area (Å²) in [5.41, 5.74) is 3.92. The molecule has 0 atom stereocenters. The third-order valence-electron chi connectivity index (χ3n) is 2.54. The highest BCUT2D eigenvalue weighted by molar-refractivity contribution is 5.52. The van der Waals surface area contributed by atoms with Crippen molar-refractivity contribution in [3.63, 3.8) is 0 Å². The zero-order valence-corrected chi connectivity index (χ0v) is 9.69. The molecular weight excluding hydrogens is 236 g/mol. The summed E-state index contributed by atoms with van der Waals surface area (Å²) in [6, 6.07) is 6.24. The van der Waals surface area contributed by atoms with Crippen molar-refractivity contribution < 1.29 is 10.0 Å². The first-order valence-corrected chi connectivity index (χ1v) is 5.53. The van der Waals surface area contributed by atoms with Gasteiger partial charge in [-0.1, -0.05) is 6.08 Å². The van der Waals surface area contributed by atoms with Crippen LogP contribution in [0.5, 0.6) is 0 Å². The van der Waals surface area contributed by atoms with Gasteiger partial charge in [-0.3, -0.25) is 15.1 Å². The zero-order valence-electron chi connectivity index (χ0n) is 9.69. The number of hydrogen-bond donors (Lipinski definition) is 2. The molecule has 0 unspecified atom stereocenters. The number of hydrazine groups is 2. The van der Waals surface area contributed by atoms with Crippen molar-refractivity contribution >= 4 is 11.4 Å². The van der Waals surface area contributed by atoms with E-state index in [0.29, 0.717) is 13.1 Å². The van der Waals surface area contributed by atoms with E-state index in [1.54, 1.807) is 17.1 Å². The fourth-order valence-electron chi connectivity index (χ4n) is 1.65. The minimum absolute atomic E-state index is 0.0620. The molecule has 96 valence electrons. The highest BCUT2D eigenvalue weighted by atomic mass is 16.6. The largest absolute Gasteiger partial charge is 0.395 e. The van der Waals surface area contributed by atoms with Crippen LogP contribution in [-0.2, 0) is 0 Å². The second kappa shape index (κ2) is 5.58. The Morgan fingerprint density at radius 1 is 1.39 bits per heavy atom. The van der Waals surface area contributed by atoms with Crippen LogP contribution in [0.1, 0.15) is 0 Å². The van der Waals surface area contributed by atoms with Crippen molar-refractivity contribution in [2.24, 2.45) is 0 Å². The molecule has 1 heterocycles. The molecule has 18 heavy (non-hydrogen) atoms. The Kier molecular flexibility index (Phi) is 3.88. The molecule has 0 spiro atoms. The van der Waals surface area contributed by atoms with E-state index in [1.807, 2.05) is 17.3 Å². The van der Waals surface area contributed by atoms with Gasteiger partial charge in [-0.2, -0.15) is 5.53 Å². The van der Waals surface area contributed by atoms with Gasteiger partial charge in [-0.15, -0.1) is 0 Å². The zero-order chi connectivity index (χ0) is 13.0. The smallest absolute Gasteiger partial charge is 0.269 e. The first-order chi connectivity index (χ1) is 8.70. The minimum atomic E-state index is -0.429. The fourth-order valence-corrected chi connectivity index (χ4v) is 1.65. The summed E-state index contributed by atoms with van der Waals surface area (Å²) in [5.74, 6) is 0. The molecule has 0 radical (unpaired) electrons. The van der Waals surface area contributed by atoms with Crippen LogP contribution in [0.2, 0.25) is 0 Å². The molecular formula is C11H14N4O3. The lowest BCUT2D eigenvalue weighted by Gasteiger charge is -2.32. The number of nitrogens with zero attached hydrogens (tertiary/aromatic N) is 3. The molecule has 0 saturated heterocycles. The predicted molar refractivity (Wildman–Crippen MR) is 66.5 cm³/mol. The Labute approximate surface area is 104 Å². The van der Waals surface area contributed by atoms with E-state index in [-0.39, 0.29) is 12.3 Å². The van der Waals surface area contributed by atoms with E-state index >= 15 is 0 Å². The van der Waals surface area contributed by atoms with Gasteiger partial charge in [-0.25, -0.2) is 5.01 Å². The molecule has 7 heteroatoms. The lowest BCUT2D eigenvalue weighted by molar-refractivity contribution is -0.384. The van der Waals surface area contributed by atoms with Crippen molar-refractivity contribution in [3.05, 3.63) is 46.7 Å². The van der Waals surface area contributed by atoms with Crippen LogP contribution in [0.3, 0.4) is 0 Å². The maximum Gasteiger partial charge on any atom is 0.269 e. The van der Waals surface area contributed by atoms with Crippen molar-refractivity contribution in [3.8, 4) is 0 Å². The van der Waals surface area contributed by atoms with Gasteiger partial charge in [0.2, 0.25) is 0 Å². The lowest BCUT2D eigenvalue weighted by Crippen LogP contribution is -2.51. The highest BCUT2D eigenvalue weighted by Crippen LogP contribution is 2.19. The van der Waals surface area contributed by atoms with E-state index in [9.17, 15) is 10.1 Å². The number of β-amino-alcohol motifs (C(OH)–C–C–N with tert-alkyl or cyclic N) is 1. The maximum atomic E-state index is 10.6. The van der Waals surface area contributed by atoms with Gasteiger partial charge in [0, 0.05) is 31.4 Å². The molecule has 0 bridgehead atoms. The molecule has 0 aromatic heterocycles. The van der Waals surface area contributed by atoms with Crippen LogP contribution in [0, 0.1) is 10.1 Å². The Balaban J connectivity index is 2.09. The molecule has 0 aliphatic carbocycles. The van der Waals surface area contributed by atoms with Crippen LogP contribution in [0.25, 0.3) is 0 Å². The molecule has 0 fully saturated rings. The number of aliphatic hydroxyl groups is 1. The Morgan fingerprint density at radius 2 is 2.11 bits per heavy atom. The van der Waals surface area contributed by atoms with Gasteiger partial charge in [0.1, 0.15) is 0 Å². The number of non-ortho nitro benzene ring substituents is 1. The van der Waals surface area contributed by atoms with Crippen molar-refractivity contribution in [2.45, 2.75) is 0 Å².